The Labute approximate surface area is 120 Å². The van der Waals surface area contributed by atoms with Gasteiger partial charge in [0.05, 0.1) is 6.21 Å². The summed E-state index contributed by atoms with van der Waals surface area (Å²) in [6.45, 7) is 6.37. The molecule has 106 valence electrons. The third-order valence-corrected chi connectivity index (χ3v) is 4.14. The second-order valence-corrected chi connectivity index (χ2v) is 5.50. The maximum Gasteiger partial charge on any atom is 0.0743 e. The van der Waals surface area contributed by atoms with E-state index in [-0.39, 0.29) is 0 Å². The first-order valence-electron chi connectivity index (χ1n) is 6.83. The van der Waals surface area contributed by atoms with Crippen molar-refractivity contribution in [1.82, 2.24) is 0 Å². The number of benzene rings is 1. The molecule has 2 rings (SSSR count). The molecule has 0 amide bonds. The zero-order valence-electron chi connectivity index (χ0n) is 12.9. The lowest BCUT2D eigenvalue weighted by Crippen LogP contribution is -2.12. The van der Waals surface area contributed by atoms with E-state index in [0.29, 0.717) is 0 Å². The third kappa shape index (κ3) is 2.36. The number of hydrogen-bond donors (Lipinski definition) is 1. The van der Waals surface area contributed by atoms with Crippen LogP contribution in [0, 0.1) is 6.92 Å². The van der Waals surface area contributed by atoms with Gasteiger partial charge in [0.2, 0.25) is 0 Å². The van der Waals surface area contributed by atoms with Gasteiger partial charge in [-0.25, -0.2) is 0 Å². The fourth-order valence-corrected chi connectivity index (χ4v) is 2.80. The molecule has 0 aromatic heterocycles. The normalized spacial score (nSPS) is 15.2. The van der Waals surface area contributed by atoms with Gasteiger partial charge in [-0.05, 0) is 55.5 Å². The van der Waals surface area contributed by atoms with Gasteiger partial charge in [0.25, 0.3) is 0 Å². The largest absolute Gasteiger partial charge is 0.411 e. The topological polar surface area (TPSA) is 35.8 Å². The van der Waals surface area contributed by atoms with Crippen LogP contribution in [0.25, 0.3) is 5.57 Å². The minimum absolute atomic E-state index is 0.949. The Morgan fingerprint density at radius 3 is 2.40 bits per heavy atom. The molecule has 1 aliphatic rings. The van der Waals surface area contributed by atoms with Gasteiger partial charge in [-0.15, -0.1) is 0 Å². The summed E-state index contributed by atoms with van der Waals surface area (Å²) >= 11 is 0. The molecule has 1 N–H and O–H groups in total. The molecular weight excluding hydrogens is 248 g/mol. The third-order valence-electron chi connectivity index (χ3n) is 4.14. The second kappa shape index (κ2) is 5.53. The first-order valence-corrected chi connectivity index (χ1v) is 6.83. The molecule has 0 atom stereocenters. The van der Waals surface area contributed by atoms with Crippen LogP contribution in [0.3, 0.4) is 0 Å². The molecule has 0 unspecified atom stereocenters. The van der Waals surface area contributed by atoms with Crippen molar-refractivity contribution in [3.8, 4) is 0 Å². The number of rotatable bonds is 3. The summed E-state index contributed by atoms with van der Waals surface area (Å²) in [5.74, 6) is 0. The lowest BCUT2D eigenvalue weighted by Gasteiger charge is -2.20. The van der Waals surface area contributed by atoms with E-state index in [9.17, 15) is 0 Å². The van der Waals surface area contributed by atoms with E-state index in [4.69, 9.17) is 5.21 Å². The molecule has 0 saturated carbocycles. The van der Waals surface area contributed by atoms with E-state index < -0.39 is 0 Å². The van der Waals surface area contributed by atoms with Crippen LogP contribution in [-0.4, -0.2) is 25.5 Å². The van der Waals surface area contributed by atoms with Crippen molar-refractivity contribution < 1.29 is 5.21 Å². The summed E-state index contributed by atoms with van der Waals surface area (Å²) in [5.41, 5.74) is 8.43. The van der Waals surface area contributed by atoms with Crippen LogP contribution in [0.4, 0.5) is 5.69 Å². The number of allylic oxidation sites excluding steroid dienone is 4. The van der Waals surface area contributed by atoms with Crippen LogP contribution < -0.4 is 4.90 Å². The zero-order chi connectivity index (χ0) is 14.9. The minimum Gasteiger partial charge on any atom is -0.411 e. The van der Waals surface area contributed by atoms with Crippen LogP contribution in [0.15, 0.2) is 34.5 Å². The summed E-state index contributed by atoms with van der Waals surface area (Å²) in [6.07, 6.45) is 4.75. The molecule has 0 spiro atoms. The number of hydrogen-bond acceptors (Lipinski definition) is 3. The lowest BCUT2D eigenvalue weighted by atomic mass is 9.92. The molecule has 0 radical (unpaired) electrons. The maximum atomic E-state index is 8.99. The molecule has 3 heteroatoms. The lowest BCUT2D eigenvalue weighted by molar-refractivity contribution is 0.322. The molecule has 0 bridgehead atoms. The Bertz CT molecular complexity index is 622. The van der Waals surface area contributed by atoms with Crippen LogP contribution >= 0.6 is 0 Å². The quantitative estimate of drug-likeness (QED) is 0.512. The van der Waals surface area contributed by atoms with Gasteiger partial charge in [0.15, 0.2) is 0 Å². The average molecular weight is 270 g/mol. The van der Waals surface area contributed by atoms with Gasteiger partial charge >= 0.3 is 0 Å². The molecule has 0 heterocycles. The highest BCUT2D eigenvalue weighted by atomic mass is 16.4. The van der Waals surface area contributed by atoms with Crippen molar-refractivity contribution in [3.63, 3.8) is 0 Å². The highest BCUT2D eigenvalue weighted by Crippen LogP contribution is 2.37. The molecule has 0 saturated heterocycles. The summed E-state index contributed by atoms with van der Waals surface area (Å²) < 4.78 is 0. The first kappa shape index (κ1) is 14.4. The monoisotopic (exact) mass is 270 g/mol. The Balaban J connectivity index is 2.64. The van der Waals surface area contributed by atoms with Gasteiger partial charge in [-0.2, -0.15) is 0 Å². The Morgan fingerprint density at radius 1 is 1.20 bits per heavy atom. The Hall–Kier alpha value is -2.03. The van der Waals surface area contributed by atoms with Gasteiger partial charge in [-0.1, -0.05) is 22.9 Å². The van der Waals surface area contributed by atoms with Crippen LogP contribution in [0.2, 0.25) is 0 Å². The highest BCUT2D eigenvalue weighted by Gasteiger charge is 2.18. The van der Waals surface area contributed by atoms with Gasteiger partial charge < -0.3 is 10.1 Å². The first-order chi connectivity index (χ1) is 9.47. The number of oxime groups is 1. The maximum absolute atomic E-state index is 8.99. The van der Waals surface area contributed by atoms with E-state index in [1.807, 2.05) is 14.1 Å². The van der Waals surface area contributed by atoms with E-state index >= 15 is 0 Å². The molecule has 1 aliphatic carbocycles. The van der Waals surface area contributed by atoms with Gasteiger partial charge in [0, 0.05) is 25.3 Å². The Kier molecular flexibility index (Phi) is 3.98. The number of nitrogens with zero attached hydrogens (tertiary/aromatic N) is 2. The van der Waals surface area contributed by atoms with Crippen LogP contribution in [0.1, 0.15) is 37.0 Å². The predicted molar refractivity (Wildman–Crippen MR) is 85.9 cm³/mol. The SMILES string of the molecule is CC1=CCC(c2ccc(N(C)C)c(C)c2C=NO)=C1C. The van der Waals surface area contributed by atoms with E-state index in [0.717, 1.165) is 28.8 Å². The van der Waals surface area contributed by atoms with Crippen molar-refractivity contribution in [2.45, 2.75) is 27.2 Å². The molecule has 0 aliphatic heterocycles. The van der Waals surface area contributed by atoms with Crippen molar-refractivity contribution >= 4 is 17.5 Å². The molecule has 1 aromatic carbocycles. The molecular formula is C17H22N2O. The van der Waals surface area contributed by atoms with Crippen LogP contribution in [0.5, 0.6) is 0 Å². The van der Waals surface area contributed by atoms with Crippen molar-refractivity contribution in [2.24, 2.45) is 5.16 Å². The highest BCUT2D eigenvalue weighted by molar-refractivity contribution is 5.94. The number of anilines is 1. The predicted octanol–water partition coefficient (Wildman–Crippen LogP) is 3.99. The molecule has 20 heavy (non-hydrogen) atoms. The second-order valence-electron chi connectivity index (χ2n) is 5.50. The minimum atomic E-state index is 0.949. The van der Waals surface area contributed by atoms with E-state index in [1.165, 1.54) is 16.7 Å². The van der Waals surface area contributed by atoms with Gasteiger partial charge in [-0.3, -0.25) is 0 Å². The molecule has 1 aromatic rings. The smallest absolute Gasteiger partial charge is 0.0743 e. The summed E-state index contributed by atoms with van der Waals surface area (Å²) in [6, 6.07) is 4.26. The Morgan fingerprint density at radius 2 is 1.90 bits per heavy atom. The zero-order valence-corrected chi connectivity index (χ0v) is 12.9. The van der Waals surface area contributed by atoms with E-state index in [2.05, 4.69) is 49.0 Å². The molecule has 3 nitrogen and oxygen atoms in total. The van der Waals surface area contributed by atoms with Crippen molar-refractivity contribution in [2.75, 3.05) is 19.0 Å². The summed E-state index contributed by atoms with van der Waals surface area (Å²) in [4.78, 5) is 2.08. The fourth-order valence-electron chi connectivity index (χ4n) is 2.80. The van der Waals surface area contributed by atoms with E-state index in [1.54, 1.807) is 6.21 Å². The standard InChI is InChI=1S/C17H22N2O/c1-11-6-7-14(12(11)2)15-8-9-17(19(4)5)13(3)16(15)10-18-20/h6,8-10,20H,7H2,1-5H3. The van der Waals surface area contributed by atoms with Crippen molar-refractivity contribution in [1.29, 1.82) is 0 Å². The summed E-state index contributed by atoms with van der Waals surface area (Å²) in [5, 5.41) is 12.2. The average Bonchev–Trinajstić information content (AvgIpc) is 2.72. The molecule has 0 fully saturated rings. The van der Waals surface area contributed by atoms with Crippen molar-refractivity contribution in [3.05, 3.63) is 46.0 Å². The van der Waals surface area contributed by atoms with Gasteiger partial charge in [0.1, 0.15) is 0 Å². The summed E-state index contributed by atoms with van der Waals surface area (Å²) in [7, 11) is 4.04. The van der Waals surface area contributed by atoms with Crippen LogP contribution in [-0.2, 0) is 0 Å². The fraction of sp³-hybridized carbons (Fsp3) is 0.353.